The third kappa shape index (κ3) is 4.27. The van der Waals surface area contributed by atoms with Gasteiger partial charge in [-0.15, -0.1) is 0 Å². The van der Waals surface area contributed by atoms with Crippen molar-refractivity contribution in [1.29, 1.82) is 5.26 Å². The summed E-state index contributed by atoms with van der Waals surface area (Å²) >= 11 is 5.73. The molecule has 0 heterocycles. The molecule has 1 aromatic rings. The number of carbonyl (C=O) groups excluding carboxylic acids is 1. The van der Waals surface area contributed by atoms with Crippen LogP contribution in [0.2, 0.25) is 5.02 Å². The molecule has 4 nitrogen and oxygen atoms in total. The molecule has 1 aromatic carbocycles. The smallest absolute Gasteiger partial charge is 0.259 e. The highest BCUT2D eigenvalue weighted by Gasteiger charge is 2.23. The van der Waals surface area contributed by atoms with Gasteiger partial charge < -0.3 is 10.1 Å². The number of nitrogens with one attached hydrogen (secondary N) is 1. The van der Waals surface area contributed by atoms with E-state index in [1.807, 2.05) is 6.92 Å². The van der Waals surface area contributed by atoms with Crippen LogP contribution in [0.3, 0.4) is 0 Å². The van der Waals surface area contributed by atoms with Crippen LogP contribution in [0, 0.1) is 11.3 Å². The van der Waals surface area contributed by atoms with Gasteiger partial charge in [0.25, 0.3) is 5.91 Å². The Morgan fingerprint density at radius 3 is 2.61 bits per heavy atom. The standard InChI is InChI=1S/C13H15ClN2O2/c1-3-13(2,9-15)16-12(17)8-18-11-6-4-10(14)5-7-11/h4-7H,3,8H2,1-2H3,(H,16,17)/t13-/m0/s1. The van der Waals surface area contributed by atoms with Crippen molar-refractivity contribution in [2.24, 2.45) is 0 Å². The van der Waals surface area contributed by atoms with Gasteiger partial charge >= 0.3 is 0 Å². The molecule has 1 N–H and O–H groups in total. The number of rotatable bonds is 5. The first-order chi connectivity index (χ1) is 8.49. The number of hydrogen-bond donors (Lipinski definition) is 1. The van der Waals surface area contributed by atoms with Gasteiger partial charge in [-0.2, -0.15) is 5.26 Å². The highest BCUT2D eigenvalue weighted by molar-refractivity contribution is 6.30. The summed E-state index contributed by atoms with van der Waals surface area (Å²) in [6, 6.07) is 8.78. The largest absolute Gasteiger partial charge is 0.484 e. The minimum Gasteiger partial charge on any atom is -0.484 e. The first-order valence-electron chi connectivity index (χ1n) is 5.60. The summed E-state index contributed by atoms with van der Waals surface area (Å²) in [6.45, 7) is 3.38. The van der Waals surface area contributed by atoms with Crippen LogP contribution >= 0.6 is 11.6 Å². The van der Waals surface area contributed by atoms with Gasteiger partial charge in [-0.25, -0.2) is 0 Å². The lowest BCUT2D eigenvalue weighted by Gasteiger charge is -2.21. The molecular weight excluding hydrogens is 252 g/mol. The predicted octanol–water partition coefficient (Wildman–Crippen LogP) is 2.53. The van der Waals surface area contributed by atoms with Crippen LogP contribution in [0.4, 0.5) is 0 Å². The van der Waals surface area contributed by atoms with Gasteiger partial charge in [0.2, 0.25) is 0 Å². The monoisotopic (exact) mass is 266 g/mol. The molecule has 5 heteroatoms. The van der Waals surface area contributed by atoms with Crippen LogP contribution in [0.5, 0.6) is 5.75 Å². The summed E-state index contributed by atoms with van der Waals surface area (Å²) in [5.41, 5.74) is -0.847. The molecular formula is C13H15ClN2O2. The maximum Gasteiger partial charge on any atom is 0.259 e. The van der Waals surface area contributed by atoms with Crippen molar-refractivity contribution in [2.75, 3.05) is 6.61 Å². The van der Waals surface area contributed by atoms with Crippen molar-refractivity contribution in [2.45, 2.75) is 25.8 Å². The second-order valence-corrected chi connectivity index (χ2v) is 4.52. The number of amides is 1. The van der Waals surface area contributed by atoms with Crippen LogP contribution in [-0.2, 0) is 4.79 Å². The fraction of sp³-hybridized carbons (Fsp3) is 0.385. The van der Waals surface area contributed by atoms with Crippen molar-refractivity contribution >= 4 is 17.5 Å². The summed E-state index contributed by atoms with van der Waals surface area (Å²) in [7, 11) is 0. The quantitative estimate of drug-likeness (QED) is 0.891. The molecule has 0 radical (unpaired) electrons. The second kappa shape index (κ2) is 6.27. The Balaban J connectivity index is 2.47. The summed E-state index contributed by atoms with van der Waals surface area (Å²) < 4.78 is 5.28. The van der Waals surface area contributed by atoms with Crippen molar-refractivity contribution in [3.8, 4) is 11.8 Å². The molecule has 0 saturated heterocycles. The van der Waals surface area contributed by atoms with Crippen molar-refractivity contribution < 1.29 is 9.53 Å². The average molecular weight is 267 g/mol. The molecule has 0 saturated carbocycles. The molecule has 1 rings (SSSR count). The fourth-order valence-electron chi connectivity index (χ4n) is 1.22. The number of hydrogen-bond acceptors (Lipinski definition) is 3. The molecule has 0 fully saturated rings. The Morgan fingerprint density at radius 2 is 2.11 bits per heavy atom. The van der Waals surface area contributed by atoms with E-state index in [0.717, 1.165) is 0 Å². The lowest BCUT2D eigenvalue weighted by Crippen LogP contribution is -2.46. The van der Waals surface area contributed by atoms with E-state index >= 15 is 0 Å². The first kappa shape index (κ1) is 14.3. The van der Waals surface area contributed by atoms with Crippen molar-refractivity contribution in [3.63, 3.8) is 0 Å². The van der Waals surface area contributed by atoms with Crippen molar-refractivity contribution in [3.05, 3.63) is 29.3 Å². The maximum atomic E-state index is 11.6. The molecule has 0 unspecified atom stereocenters. The predicted molar refractivity (Wildman–Crippen MR) is 69.4 cm³/mol. The van der Waals surface area contributed by atoms with E-state index in [1.165, 1.54) is 0 Å². The number of nitriles is 1. The topological polar surface area (TPSA) is 62.1 Å². The lowest BCUT2D eigenvalue weighted by atomic mass is 10.0. The summed E-state index contributed by atoms with van der Waals surface area (Å²) in [5.74, 6) is 0.237. The number of carbonyl (C=O) groups is 1. The van der Waals surface area contributed by atoms with Crippen LogP contribution in [0.15, 0.2) is 24.3 Å². The Labute approximate surface area is 112 Å². The Bertz CT molecular complexity index is 453. The van der Waals surface area contributed by atoms with E-state index in [1.54, 1.807) is 31.2 Å². The zero-order valence-electron chi connectivity index (χ0n) is 10.4. The second-order valence-electron chi connectivity index (χ2n) is 4.09. The first-order valence-corrected chi connectivity index (χ1v) is 5.97. The normalized spacial score (nSPS) is 13.2. The highest BCUT2D eigenvalue weighted by atomic mass is 35.5. The zero-order valence-corrected chi connectivity index (χ0v) is 11.1. The maximum absolute atomic E-state index is 11.6. The number of ether oxygens (including phenoxy) is 1. The van der Waals surface area contributed by atoms with E-state index in [9.17, 15) is 4.79 Å². The Morgan fingerprint density at radius 1 is 1.50 bits per heavy atom. The number of halogens is 1. The van der Waals surface area contributed by atoms with Gasteiger partial charge in [0.15, 0.2) is 6.61 Å². The molecule has 0 aromatic heterocycles. The summed E-state index contributed by atoms with van der Waals surface area (Å²) in [4.78, 5) is 11.6. The van der Waals surface area contributed by atoms with Gasteiger partial charge in [-0.1, -0.05) is 18.5 Å². The van der Waals surface area contributed by atoms with Gasteiger partial charge in [0, 0.05) is 5.02 Å². The molecule has 0 bridgehead atoms. The zero-order chi connectivity index (χ0) is 13.6. The van der Waals surface area contributed by atoms with Crippen LogP contribution in [0.25, 0.3) is 0 Å². The van der Waals surface area contributed by atoms with Crippen LogP contribution in [0.1, 0.15) is 20.3 Å². The molecule has 1 atom stereocenters. The highest BCUT2D eigenvalue weighted by Crippen LogP contribution is 2.15. The van der Waals surface area contributed by atoms with E-state index in [4.69, 9.17) is 21.6 Å². The third-order valence-electron chi connectivity index (χ3n) is 2.55. The molecule has 18 heavy (non-hydrogen) atoms. The van der Waals surface area contributed by atoms with Crippen molar-refractivity contribution in [1.82, 2.24) is 5.32 Å². The van der Waals surface area contributed by atoms with E-state index in [-0.39, 0.29) is 12.5 Å². The Hall–Kier alpha value is -1.73. The minimum atomic E-state index is -0.847. The van der Waals surface area contributed by atoms with E-state index < -0.39 is 5.54 Å². The van der Waals surface area contributed by atoms with Gasteiger partial charge in [0.05, 0.1) is 6.07 Å². The minimum absolute atomic E-state index is 0.126. The number of benzene rings is 1. The van der Waals surface area contributed by atoms with E-state index in [0.29, 0.717) is 17.2 Å². The van der Waals surface area contributed by atoms with Gasteiger partial charge in [-0.05, 0) is 37.6 Å². The molecule has 96 valence electrons. The molecule has 0 aliphatic carbocycles. The molecule has 0 aliphatic heterocycles. The molecule has 0 aliphatic rings. The third-order valence-corrected chi connectivity index (χ3v) is 2.80. The fourth-order valence-corrected chi connectivity index (χ4v) is 1.34. The Kier molecular flexibility index (Phi) is 4.99. The van der Waals surface area contributed by atoms with Crippen LogP contribution < -0.4 is 10.1 Å². The lowest BCUT2D eigenvalue weighted by molar-refractivity contribution is -0.124. The van der Waals surface area contributed by atoms with Gasteiger partial charge in [0.1, 0.15) is 11.3 Å². The average Bonchev–Trinajstić information content (AvgIpc) is 2.38. The molecule has 1 amide bonds. The number of nitrogens with zero attached hydrogens (tertiary/aromatic N) is 1. The van der Waals surface area contributed by atoms with E-state index in [2.05, 4.69) is 11.4 Å². The summed E-state index contributed by atoms with van der Waals surface area (Å²) in [5, 5.41) is 12.2. The molecule has 0 spiro atoms. The van der Waals surface area contributed by atoms with Gasteiger partial charge in [-0.3, -0.25) is 4.79 Å². The summed E-state index contributed by atoms with van der Waals surface area (Å²) in [6.07, 6.45) is 0.538. The van der Waals surface area contributed by atoms with Crippen LogP contribution in [-0.4, -0.2) is 18.1 Å². The SMILES string of the molecule is CC[C@@](C)(C#N)NC(=O)COc1ccc(Cl)cc1.